The van der Waals surface area contributed by atoms with E-state index in [0.29, 0.717) is 0 Å². The van der Waals surface area contributed by atoms with Gasteiger partial charge >= 0.3 is 11.7 Å². The van der Waals surface area contributed by atoms with Crippen LogP contribution in [0.5, 0.6) is 0 Å². The van der Waals surface area contributed by atoms with Crippen LogP contribution in [0.1, 0.15) is 10.5 Å². The lowest BCUT2D eigenvalue weighted by Crippen LogP contribution is -2.33. The van der Waals surface area contributed by atoms with Crippen molar-refractivity contribution in [1.82, 2.24) is 19.5 Å². The lowest BCUT2D eigenvalue weighted by atomic mass is 10.4. The van der Waals surface area contributed by atoms with Crippen LogP contribution in [-0.2, 0) is 11.3 Å². The van der Waals surface area contributed by atoms with E-state index in [1.807, 2.05) is 4.98 Å². The van der Waals surface area contributed by atoms with Crippen LogP contribution in [0, 0.1) is 0 Å². The predicted octanol–water partition coefficient (Wildman–Crippen LogP) is -1.34. The van der Waals surface area contributed by atoms with Crippen molar-refractivity contribution < 1.29 is 14.7 Å². The van der Waals surface area contributed by atoms with Gasteiger partial charge in [-0.15, -0.1) is 0 Å². The van der Waals surface area contributed by atoms with E-state index in [1.165, 1.54) is 12.4 Å². The summed E-state index contributed by atoms with van der Waals surface area (Å²) in [6.07, 6.45) is 3.54. The molecule has 0 aliphatic carbocycles. The molecule has 2 rings (SSSR count). The summed E-state index contributed by atoms with van der Waals surface area (Å²) in [7, 11) is 0. The Hall–Kier alpha value is -3.30. The van der Waals surface area contributed by atoms with Gasteiger partial charge in [0.25, 0.3) is 5.56 Å². The summed E-state index contributed by atoms with van der Waals surface area (Å²) in [5.74, 6) is -2.26. The molecule has 2 aromatic rings. The minimum atomic E-state index is -1.35. The Bertz CT molecular complexity index is 809. The average Bonchev–Trinajstić information content (AvgIpc) is 2.42. The van der Waals surface area contributed by atoms with Crippen molar-refractivity contribution in [1.29, 1.82) is 0 Å². The largest absolute Gasteiger partial charge is 0.476 e. The SMILES string of the molecule is O=C(Cn1ccc(=O)[nH]c1=O)Nc1nccnc1C(=O)O. The number of hydrogen-bond acceptors (Lipinski definition) is 6. The monoisotopic (exact) mass is 291 g/mol. The second-order valence-electron chi connectivity index (χ2n) is 3.84. The molecule has 0 aliphatic rings. The molecular formula is C11H9N5O5. The van der Waals surface area contributed by atoms with Crippen LogP contribution < -0.4 is 16.6 Å². The van der Waals surface area contributed by atoms with Crippen LogP contribution in [0.4, 0.5) is 5.82 Å². The number of aromatic amines is 1. The van der Waals surface area contributed by atoms with Gasteiger partial charge in [-0.2, -0.15) is 0 Å². The lowest BCUT2D eigenvalue weighted by molar-refractivity contribution is -0.116. The van der Waals surface area contributed by atoms with Gasteiger partial charge in [-0.3, -0.25) is 19.1 Å². The normalized spacial score (nSPS) is 10.1. The smallest absolute Gasteiger partial charge is 0.358 e. The zero-order valence-electron chi connectivity index (χ0n) is 10.4. The Labute approximate surface area is 116 Å². The molecule has 0 aliphatic heterocycles. The lowest BCUT2D eigenvalue weighted by Gasteiger charge is -2.07. The Morgan fingerprint density at radius 2 is 2.00 bits per heavy atom. The zero-order chi connectivity index (χ0) is 15.4. The molecule has 0 atom stereocenters. The molecule has 108 valence electrons. The topological polar surface area (TPSA) is 147 Å². The van der Waals surface area contributed by atoms with Gasteiger partial charge in [-0.25, -0.2) is 19.6 Å². The molecule has 0 unspecified atom stereocenters. The number of nitrogens with zero attached hydrogens (tertiary/aromatic N) is 3. The van der Waals surface area contributed by atoms with Crippen LogP contribution in [0.25, 0.3) is 0 Å². The molecule has 21 heavy (non-hydrogen) atoms. The molecule has 0 fully saturated rings. The maximum Gasteiger partial charge on any atom is 0.358 e. The van der Waals surface area contributed by atoms with Gasteiger partial charge < -0.3 is 10.4 Å². The molecule has 0 aromatic carbocycles. The fourth-order valence-electron chi connectivity index (χ4n) is 1.48. The van der Waals surface area contributed by atoms with Crippen LogP contribution in [0.15, 0.2) is 34.2 Å². The summed E-state index contributed by atoms with van der Waals surface area (Å²) in [5, 5.41) is 11.1. The van der Waals surface area contributed by atoms with Crippen LogP contribution >= 0.6 is 0 Å². The second-order valence-corrected chi connectivity index (χ2v) is 3.84. The summed E-state index contributed by atoms with van der Waals surface area (Å²) in [6.45, 7) is -0.411. The highest BCUT2D eigenvalue weighted by Gasteiger charge is 2.15. The van der Waals surface area contributed by atoms with Crippen LogP contribution in [0.2, 0.25) is 0 Å². The van der Waals surface area contributed by atoms with E-state index >= 15 is 0 Å². The molecule has 10 heteroatoms. The number of amides is 1. The number of aromatic carboxylic acids is 1. The van der Waals surface area contributed by atoms with E-state index in [9.17, 15) is 19.2 Å². The molecule has 10 nitrogen and oxygen atoms in total. The Balaban J connectivity index is 2.18. The minimum absolute atomic E-state index is 0.229. The summed E-state index contributed by atoms with van der Waals surface area (Å²) in [5.41, 5.74) is -1.76. The predicted molar refractivity (Wildman–Crippen MR) is 68.9 cm³/mol. The van der Waals surface area contributed by atoms with Gasteiger partial charge in [0, 0.05) is 24.7 Å². The molecular weight excluding hydrogens is 282 g/mol. The van der Waals surface area contributed by atoms with Gasteiger partial charge in [-0.1, -0.05) is 0 Å². The van der Waals surface area contributed by atoms with Crippen LogP contribution in [-0.4, -0.2) is 36.5 Å². The van der Waals surface area contributed by atoms with E-state index in [1.54, 1.807) is 0 Å². The highest BCUT2D eigenvalue weighted by atomic mass is 16.4. The van der Waals surface area contributed by atoms with Crippen molar-refractivity contribution in [3.05, 3.63) is 51.2 Å². The minimum Gasteiger partial charge on any atom is -0.476 e. The number of rotatable bonds is 4. The number of anilines is 1. The fraction of sp³-hybridized carbons (Fsp3) is 0.0909. The van der Waals surface area contributed by atoms with Gasteiger partial charge in [0.05, 0.1) is 0 Å². The fourth-order valence-corrected chi connectivity index (χ4v) is 1.48. The zero-order valence-corrected chi connectivity index (χ0v) is 10.4. The average molecular weight is 291 g/mol. The van der Waals surface area contributed by atoms with E-state index < -0.39 is 35.4 Å². The molecule has 2 heterocycles. The van der Waals surface area contributed by atoms with E-state index in [0.717, 1.165) is 16.8 Å². The molecule has 0 radical (unpaired) electrons. The van der Waals surface area contributed by atoms with Crippen molar-refractivity contribution >= 4 is 17.7 Å². The Kier molecular flexibility index (Phi) is 3.88. The van der Waals surface area contributed by atoms with Gasteiger partial charge in [0.15, 0.2) is 11.5 Å². The van der Waals surface area contributed by atoms with Crippen molar-refractivity contribution in [2.45, 2.75) is 6.54 Å². The number of carboxylic acid groups (broad SMARTS) is 1. The standard InChI is InChI=1S/C11H9N5O5/c17-6-1-4-16(11(21)15-6)5-7(18)14-9-8(10(19)20)12-2-3-13-9/h1-4H,5H2,(H,19,20)(H,13,14,18)(H,15,17,21). The third-order valence-corrected chi connectivity index (χ3v) is 2.37. The first-order chi connectivity index (χ1) is 9.97. The second kappa shape index (κ2) is 5.77. The van der Waals surface area contributed by atoms with E-state index in [2.05, 4.69) is 15.3 Å². The van der Waals surface area contributed by atoms with Crippen molar-refractivity contribution in [3.63, 3.8) is 0 Å². The molecule has 0 bridgehead atoms. The Morgan fingerprint density at radius 1 is 1.29 bits per heavy atom. The van der Waals surface area contributed by atoms with Crippen molar-refractivity contribution in [2.75, 3.05) is 5.32 Å². The Morgan fingerprint density at radius 3 is 2.67 bits per heavy atom. The summed E-state index contributed by atoms with van der Waals surface area (Å²) in [6, 6.07) is 1.08. The third-order valence-electron chi connectivity index (χ3n) is 2.37. The first-order valence-electron chi connectivity index (χ1n) is 5.61. The first-order valence-corrected chi connectivity index (χ1v) is 5.61. The first kappa shape index (κ1) is 14.1. The number of aromatic nitrogens is 4. The van der Waals surface area contributed by atoms with Crippen LogP contribution in [0.3, 0.4) is 0 Å². The summed E-state index contributed by atoms with van der Waals surface area (Å²) < 4.78 is 0.952. The number of hydrogen-bond donors (Lipinski definition) is 3. The van der Waals surface area contributed by atoms with Gasteiger partial charge in [0.2, 0.25) is 5.91 Å². The van der Waals surface area contributed by atoms with Gasteiger partial charge in [-0.05, 0) is 0 Å². The molecule has 1 amide bonds. The molecule has 0 saturated heterocycles. The highest BCUT2D eigenvalue weighted by molar-refractivity contribution is 5.97. The van der Waals surface area contributed by atoms with Gasteiger partial charge in [0.1, 0.15) is 6.54 Å². The van der Waals surface area contributed by atoms with E-state index in [-0.39, 0.29) is 5.82 Å². The van der Waals surface area contributed by atoms with Crippen molar-refractivity contribution in [3.8, 4) is 0 Å². The van der Waals surface area contributed by atoms with E-state index in [4.69, 9.17) is 5.11 Å². The highest BCUT2D eigenvalue weighted by Crippen LogP contribution is 2.07. The summed E-state index contributed by atoms with van der Waals surface area (Å²) in [4.78, 5) is 54.2. The molecule has 0 spiro atoms. The number of nitrogens with one attached hydrogen (secondary N) is 2. The maximum atomic E-state index is 11.8. The number of carboxylic acids is 1. The quantitative estimate of drug-likeness (QED) is 0.631. The number of carbonyl (C=O) groups is 2. The number of carbonyl (C=O) groups excluding carboxylic acids is 1. The molecule has 0 saturated carbocycles. The third kappa shape index (κ3) is 3.37. The number of H-pyrrole nitrogens is 1. The summed E-state index contributed by atoms with van der Waals surface area (Å²) >= 11 is 0. The maximum absolute atomic E-state index is 11.8. The molecule has 2 aromatic heterocycles. The van der Waals surface area contributed by atoms with Crippen molar-refractivity contribution in [2.24, 2.45) is 0 Å². The molecule has 3 N–H and O–H groups in total.